The zero-order valence-corrected chi connectivity index (χ0v) is 10.8. The van der Waals surface area contributed by atoms with Gasteiger partial charge in [-0.2, -0.15) is 0 Å². The van der Waals surface area contributed by atoms with Gasteiger partial charge in [0.2, 0.25) is 5.91 Å². The second-order valence-electron chi connectivity index (χ2n) is 5.70. The van der Waals surface area contributed by atoms with E-state index in [2.05, 4.69) is 31.0 Å². The standard InChI is InChI=1S/C13H24N2O/c1-10-6-4-7-11(2)15(10)12(16)13(3)8-5-9-14-13/h10-11,14H,4-9H2,1-3H3/t10-,11+,13?. The maximum atomic E-state index is 12.6. The van der Waals surface area contributed by atoms with E-state index in [1.165, 1.54) is 6.42 Å². The van der Waals surface area contributed by atoms with Crippen LogP contribution in [0.25, 0.3) is 0 Å². The van der Waals surface area contributed by atoms with Gasteiger partial charge in [0, 0.05) is 12.1 Å². The van der Waals surface area contributed by atoms with Crippen molar-refractivity contribution in [1.82, 2.24) is 10.2 Å². The van der Waals surface area contributed by atoms with Crippen LogP contribution in [0.1, 0.15) is 52.9 Å². The average Bonchev–Trinajstić information content (AvgIpc) is 2.66. The number of carbonyl (C=O) groups is 1. The second kappa shape index (κ2) is 4.36. The summed E-state index contributed by atoms with van der Waals surface area (Å²) in [6.45, 7) is 7.42. The van der Waals surface area contributed by atoms with E-state index < -0.39 is 0 Å². The van der Waals surface area contributed by atoms with Gasteiger partial charge >= 0.3 is 0 Å². The molecule has 3 atom stereocenters. The zero-order valence-electron chi connectivity index (χ0n) is 10.8. The number of piperidine rings is 1. The van der Waals surface area contributed by atoms with Crippen LogP contribution < -0.4 is 5.32 Å². The van der Waals surface area contributed by atoms with Crippen molar-refractivity contribution in [2.75, 3.05) is 6.54 Å². The molecule has 0 aromatic rings. The lowest BCUT2D eigenvalue weighted by Gasteiger charge is -2.43. The molecule has 2 fully saturated rings. The molecule has 0 spiro atoms. The highest BCUT2D eigenvalue weighted by Crippen LogP contribution is 2.28. The summed E-state index contributed by atoms with van der Waals surface area (Å²) in [5.41, 5.74) is -0.292. The molecule has 3 nitrogen and oxygen atoms in total. The number of hydrogen-bond acceptors (Lipinski definition) is 2. The van der Waals surface area contributed by atoms with E-state index in [1.807, 2.05) is 0 Å². The molecule has 1 unspecified atom stereocenters. The van der Waals surface area contributed by atoms with Crippen molar-refractivity contribution in [2.24, 2.45) is 0 Å². The van der Waals surface area contributed by atoms with Crippen LogP contribution in [0.15, 0.2) is 0 Å². The Hall–Kier alpha value is -0.570. The Balaban J connectivity index is 2.12. The Morgan fingerprint density at radius 3 is 2.38 bits per heavy atom. The van der Waals surface area contributed by atoms with Gasteiger partial charge in [0.25, 0.3) is 0 Å². The smallest absolute Gasteiger partial charge is 0.243 e. The number of hydrogen-bond donors (Lipinski definition) is 1. The maximum Gasteiger partial charge on any atom is 0.243 e. The average molecular weight is 224 g/mol. The summed E-state index contributed by atoms with van der Waals surface area (Å²) in [6.07, 6.45) is 5.69. The lowest BCUT2D eigenvalue weighted by atomic mass is 9.91. The van der Waals surface area contributed by atoms with Crippen molar-refractivity contribution in [3.8, 4) is 0 Å². The summed E-state index contributed by atoms with van der Waals surface area (Å²) in [7, 11) is 0. The number of amides is 1. The van der Waals surface area contributed by atoms with E-state index in [4.69, 9.17) is 0 Å². The number of carbonyl (C=O) groups excluding carboxylic acids is 1. The van der Waals surface area contributed by atoms with Crippen molar-refractivity contribution in [1.29, 1.82) is 0 Å². The van der Waals surface area contributed by atoms with E-state index >= 15 is 0 Å². The summed E-state index contributed by atoms with van der Waals surface area (Å²) < 4.78 is 0. The number of likely N-dealkylation sites (tertiary alicyclic amines) is 1. The van der Waals surface area contributed by atoms with E-state index in [1.54, 1.807) is 0 Å². The molecule has 2 saturated heterocycles. The molecule has 1 N–H and O–H groups in total. The van der Waals surface area contributed by atoms with Crippen LogP contribution in [-0.4, -0.2) is 35.0 Å². The fourth-order valence-electron chi connectivity index (χ4n) is 3.18. The first-order valence-corrected chi connectivity index (χ1v) is 6.62. The third kappa shape index (κ3) is 1.97. The van der Waals surface area contributed by atoms with E-state index in [0.717, 1.165) is 32.2 Å². The van der Waals surface area contributed by atoms with E-state index in [0.29, 0.717) is 18.0 Å². The molecule has 3 heteroatoms. The van der Waals surface area contributed by atoms with Gasteiger partial charge in [-0.05, 0) is 59.4 Å². The molecule has 0 radical (unpaired) electrons. The van der Waals surface area contributed by atoms with Crippen LogP contribution in [0.4, 0.5) is 0 Å². The zero-order chi connectivity index (χ0) is 11.8. The molecule has 0 aromatic carbocycles. The molecule has 0 saturated carbocycles. The SMILES string of the molecule is C[C@@H]1CCC[C@H](C)N1C(=O)C1(C)CCCN1. The minimum absolute atomic E-state index is 0.292. The predicted octanol–water partition coefficient (Wildman–Crippen LogP) is 1.92. The molecule has 1 amide bonds. The van der Waals surface area contributed by atoms with Gasteiger partial charge in [-0.3, -0.25) is 4.79 Å². The third-order valence-electron chi connectivity index (χ3n) is 4.27. The van der Waals surface area contributed by atoms with Gasteiger partial charge in [-0.25, -0.2) is 0 Å². The molecule has 16 heavy (non-hydrogen) atoms. The van der Waals surface area contributed by atoms with Crippen LogP contribution in [0.3, 0.4) is 0 Å². The molecule has 0 aromatic heterocycles. The molecular weight excluding hydrogens is 200 g/mol. The van der Waals surface area contributed by atoms with Crippen molar-refractivity contribution < 1.29 is 4.79 Å². The van der Waals surface area contributed by atoms with Gasteiger partial charge in [0.15, 0.2) is 0 Å². The highest BCUT2D eigenvalue weighted by Gasteiger charge is 2.42. The molecule has 2 heterocycles. The Morgan fingerprint density at radius 1 is 1.25 bits per heavy atom. The molecule has 2 rings (SSSR count). The fraction of sp³-hybridized carbons (Fsp3) is 0.923. The van der Waals surface area contributed by atoms with Gasteiger partial charge in [-0.15, -0.1) is 0 Å². The Bertz CT molecular complexity index is 261. The highest BCUT2D eigenvalue weighted by molar-refractivity contribution is 5.87. The molecule has 92 valence electrons. The first kappa shape index (κ1) is 11.9. The van der Waals surface area contributed by atoms with Crippen LogP contribution in [0, 0.1) is 0 Å². The molecule has 2 aliphatic heterocycles. The van der Waals surface area contributed by atoms with Gasteiger partial charge in [0.05, 0.1) is 5.54 Å². The first-order valence-electron chi connectivity index (χ1n) is 6.62. The minimum Gasteiger partial charge on any atom is -0.336 e. The number of nitrogens with one attached hydrogen (secondary N) is 1. The lowest BCUT2D eigenvalue weighted by molar-refractivity contribution is -0.143. The molecular formula is C13H24N2O. The van der Waals surface area contributed by atoms with Gasteiger partial charge in [0.1, 0.15) is 0 Å². The van der Waals surface area contributed by atoms with Gasteiger partial charge < -0.3 is 10.2 Å². The molecule has 2 aliphatic rings. The Labute approximate surface area is 98.6 Å². The molecule has 0 bridgehead atoms. The summed E-state index contributed by atoms with van der Waals surface area (Å²) in [5, 5.41) is 3.38. The Kier molecular flexibility index (Phi) is 3.24. The quantitative estimate of drug-likeness (QED) is 0.738. The predicted molar refractivity (Wildman–Crippen MR) is 65.3 cm³/mol. The largest absolute Gasteiger partial charge is 0.336 e. The van der Waals surface area contributed by atoms with E-state index in [-0.39, 0.29) is 5.54 Å². The van der Waals surface area contributed by atoms with Crippen molar-refractivity contribution in [3.05, 3.63) is 0 Å². The summed E-state index contributed by atoms with van der Waals surface area (Å²) >= 11 is 0. The lowest BCUT2D eigenvalue weighted by Crippen LogP contribution is -2.58. The highest BCUT2D eigenvalue weighted by atomic mass is 16.2. The fourth-order valence-corrected chi connectivity index (χ4v) is 3.18. The molecule has 0 aliphatic carbocycles. The van der Waals surface area contributed by atoms with Crippen molar-refractivity contribution in [2.45, 2.75) is 70.5 Å². The van der Waals surface area contributed by atoms with Crippen molar-refractivity contribution in [3.63, 3.8) is 0 Å². The minimum atomic E-state index is -0.292. The number of rotatable bonds is 1. The van der Waals surface area contributed by atoms with Gasteiger partial charge in [-0.1, -0.05) is 0 Å². The third-order valence-corrected chi connectivity index (χ3v) is 4.27. The first-order chi connectivity index (χ1) is 7.54. The topological polar surface area (TPSA) is 32.3 Å². The van der Waals surface area contributed by atoms with Crippen LogP contribution in [0.2, 0.25) is 0 Å². The van der Waals surface area contributed by atoms with Crippen LogP contribution in [-0.2, 0) is 4.79 Å². The van der Waals surface area contributed by atoms with Crippen molar-refractivity contribution >= 4 is 5.91 Å². The number of nitrogens with zero attached hydrogens (tertiary/aromatic N) is 1. The normalized spacial score (nSPS) is 40.1. The Morgan fingerprint density at radius 2 is 1.88 bits per heavy atom. The summed E-state index contributed by atoms with van der Waals surface area (Å²) in [6, 6.07) is 0.825. The summed E-state index contributed by atoms with van der Waals surface area (Å²) in [5.74, 6) is 0.324. The summed E-state index contributed by atoms with van der Waals surface area (Å²) in [4.78, 5) is 14.7. The van der Waals surface area contributed by atoms with Crippen LogP contribution in [0.5, 0.6) is 0 Å². The monoisotopic (exact) mass is 224 g/mol. The second-order valence-corrected chi connectivity index (χ2v) is 5.70. The van der Waals surface area contributed by atoms with Crippen LogP contribution >= 0.6 is 0 Å². The van der Waals surface area contributed by atoms with E-state index in [9.17, 15) is 4.79 Å². The maximum absolute atomic E-state index is 12.6.